The van der Waals surface area contributed by atoms with Gasteiger partial charge >= 0.3 is 0 Å². The summed E-state index contributed by atoms with van der Waals surface area (Å²) < 4.78 is 0. The normalized spacial score (nSPS) is 11.3. The smallest absolute Gasteiger partial charge is 0.116 e. The standard InChI is InChI=1S/C17H18O/c1-13(2)16-10-8-14(9-11-16)6-7-15-4-3-5-17(18)12-15/h3-13,18H,1-2H3/b7-6+. The lowest BCUT2D eigenvalue weighted by Gasteiger charge is -2.04. The number of benzene rings is 2. The molecule has 0 bridgehead atoms. The van der Waals surface area contributed by atoms with Crippen molar-refractivity contribution in [1.29, 1.82) is 0 Å². The van der Waals surface area contributed by atoms with Crippen LogP contribution in [0.5, 0.6) is 5.75 Å². The second-order valence-electron chi connectivity index (χ2n) is 4.75. The maximum atomic E-state index is 9.37. The molecule has 92 valence electrons. The van der Waals surface area contributed by atoms with E-state index in [4.69, 9.17) is 0 Å². The third kappa shape index (κ3) is 3.24. The van der Waals surface area contributed by atoms with Crippen molar-refractivity contribution in [2.45, 2.75) is 19.8 Å². The molecule has 0 radical (unpaired) electrons. The van der Waals surface area contributed by atoms with Gasteiger partial charge in [0.05, 0.1) is 0 Å². The maximum Gasteiger partial charge on any atom is 0.116 e. The third-order valence-electron chi connectivity index (χ3n) is 2.94. The summed E-state index contributed by atoms with van der Waals surface area (Å²) in [5, 5.41) is 9.37. The van der Waals surface area contributed by atoms with Gasteiger partial charge in [0.2, 0.25) is 0 Å². The van der Waals surface area contributed by atoms with Crippen LogP contribution in [0.2, 0.25) is 0 Å². The molecule has 0 unspecified atom stereocenters. The summed E-state index contributed by atoms with van der Waals surface area (Å²) in [6.07, 6.45) is 4.06. The molecule has 18 heavy (non-hydrogen) atoms. The predicted molar refractivity (Wildman–Crippen MR) is 77.6 cm³/mol. The molecule has 1 heteroatoms. The van der Waals surface area contributed by atoms with Crippen LogP contribution in [-0.2, 0) is 0 Å². The third-order valence-corrected chi connectivity index (χ3v) is 2.94. The van der Waals surface area contributed by atoms with E-state index in [0.29, 0.717) is 11.7 Å². The highest BCUT2D eigenvalue weighted by Gasteiger charge is 1.97. The van der Waals surface area contributed by atoms with Gasteiger partial charge in [-0.1, -0.05) is 62.4 Å². The summed E-state index contributed by atoms with van der Waals surface area (Å²) in [7, 11) is 0. The summed E-state index contributed by atoms with van der Waals surface area (Å²) in [6.45, 7) is 4.38. The van der Waals surface area contributed by atoms with Crippen LogP contribution in [0.15, 0.2) is 48.5 Å². The van der Waals surface area contributed by atoms with Crippen LogP contribution in [0.3, 0.4) is 0 Å². The Bertz CT molecular complexity index is 536. The van der Waals surface area contributed by atoms with E-state index < -0.39 is 0 Å². The number of rotatable bonds is 3. The number of aromatic hydroxyl groups is 1. The lowest BCUT2D eigenvalue weighted by Crippen LogP contribution is -1.85. The molecular formula is C17H18O. The van der Waals surface area contributed by atoms with E-state index in [-0.39, 0.29) is 0 Å². The topological polar surface area (TPSA) is 20.2 Å². The molecule has 0 saturated carbocycles. The number of phenols is 1. The summed E-state index contributed by atoms with van der Waals surface area (Å²) in [4.78, 5) is 0. The van der Waals surface area contributed by atoms with Crippen molar-refractivity contribution in [3.63, 3.8) is 0 Å². The van der Waals surface area contributed by atoms with E-state index in [1.807, 2.05) is 18.2 Å². The van der Waals surface area contributed by atoms with Crippen LogP contribution in [0.4, 0.5) is 0 Å². The Morgan fingerprint density at radius 1 is 0.889 bits per heavy atom. The maximum absolute atomic E-state index is 9.37. The van der Waals surface area contributed by atoms with E-state index in [1.165, 1.54) is 11.1 Å². The molecule has 0 aliphatic rings. The lowest BCUT2D eigenvalue weighted by molar-refractivity contribution is 0.475. The van der Waals surface area contributed by atoms with Gasteiger partial charge in [0, 0.05) is 0 Å². The largest absolute Gasteiger partial charge is 0.508 e. The molecule has 0 heterocycles. The van der Waals surface area contributed by atoms with Gasteiger partial charge in [-0.25, -0.2) is 0 Å². The molecule has 2 aromatic rings. The number of hydrogen-bond donors (Lipinski definition) is 1. The zero-order chi connectivity index (χ0) is 13.0. The second kappa shape index (κ2) is 5.54. The van der Waals surface area contributed by atoms with Crippen LogP contribution >= 0.6 is 0 Å². The fourth-order valence-corrected chi connectivity index (χ4v) is 1.81. The fraction of sp³-hybridized carbons (Fsp3) is 0.176. The highest BCUT2D eigenvalue weighted by atomic mass is 16.3. The van der Waals surface area contributed by atoms with Crippen molar-refractivity contribution in [2.24, 2.45) is 0 Å². The zero-order valence-electron chi connectivity index (χ0n) is 10.8. The molecule has 2 rings (SSSR count). The van der Waals surface area contributed by atoms with Crippen molar-refractivity contribution in [2.75, 3.05) is 0 Å². The summed E-state index contributed by atoms with van der Waals surface area (Å²) in [5.41, 5.74) is 3.52. The first-order valence-corrected chi connectivity index (χ1v) is 6.22. The van der Waals surface area contributed by atoms with E-state index in [0.717, 1.165) is 5.56 Å². The molecule has 0 aromatic heterocycles. The van der Waals surface area contributed by atoms with E-state index >= 15 is 0 Å². The highest BCUT2D eigenvalue weighted by molar-refractivity contribution is 5.70. The van der Waals surface area contributed by atoms with Crippen molar-refractivity contribution in [1.82, 2.24) is 0 Å². The van der Waals surface area contributed by atoms with Gasteiger partial charge in [0.15, 0.2) is 0 Å². The molecule has 0 amide bonds. The molecule has 0 spiro atoms. The minimum atomic E-state index is 0.298. The number of phenolic OH excluding ortho intramolecular Hbond substituents is 1. The SMILES string of the molecule is CC(C)c1ccc(/C=C/c2cccc(O)c2)cc1. The predicted octanol–water partition coefficient (Wildman–Crippen LogP) is 4.69. The van der Waals surface area contributed by atoms with Gasteiger partial charge < -0.3 is 5.11 Å². The van der Waals surface area contributed by atoms with Crippen LogP contribution in [0.25, 0.3) is 12.2 Å². The van der Waals surface area contributed by atoms with Gasteiger partial charge in [-0.15, -0.1) is 0 Å². The van der Waals surface area contributed by atoms with Gasteiger partial charge in [-0.3, -0.25) is 0 Å². The van der Waals surface area contributed by atoms with E-state index in [2.05, 4.69) is 44.2 Å². The average molecular weight is 238 g/mol. The van der Waals surface area contributed by atoms with Crippen LogP contribution < -0.4 is 0 Å². The average Bonchev–Trinajstić information content (AvgIpc) is 2.37. The van der Waals surface area contributed by atoms with Crippen molar-refractivity contribution >= 4 is 12.2 Å². The zero-order valence-corrected chi connectivity index (χ0v) is 10.8. The van der Waals surface area contributed by atoms with Gasteiger partial charge in [0.25, 0.3) is 0 Å². The first-order valence-electron chi connectivity index (χ1n) is 6.22. The van der Waals surface area contributed by atoms with Gasteiger partial charge in [-0.05, 0) is 34.7 Å². The first kappa shape index (κ1) is 12.4. The lowest BCUT2D eigenvalue weighted by atomic mass is 10.0. The minimum absolute atomic E-state index is 0.298. The molecule has 0 atom stereocenters. The molecule has 2 aromatic carbocycles. The minimum Gasteiger partial charge on any atom is -0.508 e. The van der Waals surface area contributed by atoms with Crippen LogP contribution in [0, 0.1) is 0 Å². The summed E-state index contributed by atoms with van der Waals surface area (Å²) >= 11 is 0. The van der Waals surface area contributed by atoms with Crippen molar-refractivity contribution < 1.29 is 5.11 Å². The second-order valence-corrected chi connectivity index (χ2v) is 4.75. The highest BCUT2D eigenvalue weighted by Crippen LogP contribution is 2.17. The number of hydrogen-bond acceptors (Lipinski definition) is 1. The monoisotopic (exact) mass is 238 g/mol. The van der Waals surface area contributed by atoms with E-state index in [1.54, 1.807) is 12.1 Å². The molecule has 0 saturated heterocycles. The van der Waals surface area contributed by atoms with Crippen molar-refractivity contribution in [3.05, 3.63) is 65.2 Å². The van der Waals surface area contributed by atoms with Crippen LogP contribution in [-0.4, -0.2) is 5.11 Å². The Balaban J connectivity index is 2.14. The Morgan fingerprint density at radius 2 is 1.56 bits per heavy atom. The molecule has 0 aliphatic carbocycles. The summed E-state index contributed by atoms with van der Waals surface area (Å²) in [6, 6.07) is 15.8. The molecule has 1 nitrogen and oxygen atoms in total. The molecular weight excluding hydrogens is 220 g/mol. The molecule has 1 N–H and O–H groups in total. The summed E-state index contributed by atoms with van der Waals surface area (Å²) in [5.74, 6) is 0.862. The van der Waals surface area contributed by atoms with Crippen molar-refractivity contribution in [3.8, 4) is 5.75 Å². The Morgan fingerprint density at radius 3 is 2.17 bits per heavy atom. The quantitative estimate of drug-likeness (QED) is 0.769. The van der Waals surface area contributed by atoms with Gasteiger partial charge in [0.1, 0.15) is 5.75 Å². The van der Waals surface area contributed by atoms with Crippen LogP contribution in [0.1, 0.15) is 36.5 Å². The Labute approximate surface area is 108 Å². The van der Waals surface area contributed by atoms with E-state index in [9.17, 15) is 5.11 Å². The van der Waals surface area contributed by atoms with Gasteiger partial charge in [-0.2, -0.15) is 0 Å². The molecule has 0 aliphatic heterocycles. The fourth-order valence-electron chi connectivity index (χ4n) is 1.81. The first-order chi connectivity index (χ1) is 8.65. The Kier molecular flexibility index (Phi) is 3.83. The Hall–Kier alpha value is -2.02. The molecule has 0 fully saturated rings.